The van der Waals surface area contributed by atoms with Crippen LogP contribution >= 0.6 is 7.82 Å². The minimum Gasteiger partial charge on any atom is -0.480 e. The molecule has 55 heavy (non-hydrogen) atoms. The fourth-order valence-corrected chi connectivity index (χ4v) is 7.02. The molecule has 0 aromatic rings. The molecule has 3 atom stereocenters. The van der Waals surface area contributed by atoms with Gasteiger partial charge in [-0.2, -0.15) is 0 Å². The van der Waals surface area contributed by atoms with Gasteiger partial charge in [-0.05, 0) is 38.5 Å². The molecular formula is C43H82NO10P. The number of rotatable bonds is 42. The van der Waals surface area contributed by atoms with Crippen molar-refractivity contribution < 1.29 is 47.5 Å². The van der Waals surface area contributed by atoms with Gasteiger partial charge in [0.2, 0.25) is 0 Å². The fourth-order valence-electron chi connectivity index (χ4n) is 6.24. The molecule has 0 aliphatic carbocycles. The Bertz CT molecular complexity index is 995. The number of nitrogens with two attached hydrogens (primary N) is 1. The van der Waals surface area contributed by atoms with Crippen LogP contribution in [0.1, 0.15) is 213 Å². The van der Waals surface area contributed by atoms with E-state index in [2.05, 4.69) is 30.5 Å². The van der Waals surface area contributed by atoms with Crippen LogP contribution in [0.25, 0.3) is 0 Å². The van der Waals surface area contributed by atoms with Crippen LogP contribution in [0, 0.1) is 0 Å². The summed E-state index contributed by atoms with van der Waals surface area (Å²) in [6.07, 6.45) is 38.4. The molecule has 0 aliphatic rings. The van der Waals surface area contributed by atoms with Gasteiger partial charge < -0.3 is 25.2 Å². The Morgan fingerprint density at radius 3 is 1.33 bits per heavy atom. The van der Waals surface area contributed by atoms with Crippen LogP contribution in [0.2, 0.25) is 0 Å². The van der Waals surface area contributed by atoms with Gasteiger partial charge in [0.05, 0.1) is 13.2 Å². The SMILES string of the molecule is CCCCCCC/C=C\CCCCCCCC(=O)O[C@H](COC(=O)CCCCCCCCCCCCCCCCCCC)COP(=O)(O)OC[C@H](N)C(=O)O. The summed E-state index contributed by atoms with van der Waals surface area (Å²) in [5, 5.41) is 8.88. The normalized spacial score (nSPS) is 13.8. The number of phosphoric acid groups is 1. The molecule has 0 bridgehead atoms. The maximum absolute atomic E-state index is 12.6. The van der Waals surface area contributed by atoms with Crippen molar-refractivity contribution in [2.75, 3.05) is 19.8 Å². The molecule has 0 amide bonds. The maximum Gasteiger partial charge on any atom is 0.472 e. The summed E-state index contributed by atoms with van der Waals surface area (Å²) in [7, 11) is -4.71. The number of hydrogen-bond donors (Lipinski definition) is 3. The second-order valence-corrected chi connectivity index (χ2v) is 16.6. The van der Waals surface area contributed by atoms with Crippen LogP contribution in [0.4, 0.5) is 0 Å². The first kappa shape index (κ1) is 53.2. The number of unbranched alkanes of at least 4 members (excludes halogenated alkanes) is 26. The molecule has 324 valence electrons. The van der Waals surface area contributed by atoms with Crippen molar-refractivity contribution in [3.8, 4) is 0 Å². The van der Waals surface area contributed by atoms with Gasteiger partial charge in [-0.1, -0.05) is 174 Å². The Morgan fingerprint density at radius 1 is 0.545 bits per heavy atom. The van der Waals surface area contributed by atoms with Crippen LogP contribution < -0.4 is 5.73 Å². The number of carbonyl (C=O) groups excluding carboxylic acids is 2. The Kier molecular flexibility index (Phi) is 37.8. The van der Waals surface area contributed by atoms with Gasteiger partial charge in [-0.25, -0.2) is 4.57 Å². The summed E-state index contributed by atoms with van der Waals surface area (Å²) in [6, 6.07) is -1.52. The van der Waals surface area contributed by atoms with E-state index in [1.807, 2.05) is 0 Å². The number of allylic oxidation sites excluding steroid dienone is 2. The van der Waals surface area contributed by atoms with Crippen LogP contribution in [-0.4, -0.2) is 59.9 Å². The smallest absolute Gasteiger partial charge is 0.472 e. The first-order valence-electron chi connectivity index (χ1n) is 22.2. The van der Waals surface area contributed by atoms with Gasteiger partial charge in [0.25, 0.3) is 0 Å². The van der Waals surface area contributed by atoms with E-state index in [9.17, 15) is 23.8 Å². The van der Waals surface area contributed by atoms with Gasteiger partial charge >= 0.3 is 25.7 Å². The number of hydrogen-bond acceptors (Lipinski definition) is 9. The predicted octanol–water partition coefficient (Wildman–Crippen LogP) is 11.7. The molecule has 0 aromatic heterocycles. The molecule has 0 aliphatic heterocycles. The third-order valence-electron chi connectivity index (χ3n) is 9.76. The summed E-state index contributed by atoms with van der Waals surface area (Å²) in [5.74, 6) is -2.38. The van der Waals surface area contributed by atoms with Crippen molar-refractivity contribution in [3.05, 3.63) is 12.2 Å². The second-order valence-electron chi connectivity index (χ2n) is 15.2. The van der Waals surface area contributed by atoms with E-state index in [4.69, 9.17) is 24.8 Å². The third kappa shape index (κ3) is 38.9. The maximum atomic E-state index is 12.6. The Morgan fingerprint density at radius 2 is 0.909 bits per heavy atom. The highest BCUT2D eigenvalue weighted by molar-refractivity contribution is 7.47. The van der Waals surface area contributed by atoms with Crippen molar-refractivity contribution in [3.63, 3.8) is 0 Å². The largest absolute Gasteiger partial charge is 0.480 e. The minimum absolute atomic E-state index is 0.155. The Balaban J connectivity index is 4.32. The first-order valence-corrected chi connectivity index (χ1v) is 23.7. The highest BCUT2D eigenvalue weighted by Gasteiger charge is 2.28. The zero-order valence-corrected chi connectivity index (χ0v) is 35.9. The van der Waals surface area contributed by atoms with Crippen molar-refractivity contribution in [1.82, 2.24) is 0 Å². The van der Waals surface area contributed by atoms with Crippen molar-refractivity contribution in [1.29, 1.82) is 0 Å². The Hall–Kier alpha value is -1.78. The summed E-state index contributed by atoms with van der Waals surface area (Å²) in [6.45, 7) is 2.81. The molecule has 0 fully saturated rings. The van der Waals surface area contributed by atoms with E-state index in [1.54, 1.807) is 0 Å². The number of carboxylic acid groups (broad SMARTS) is 1. The van der Waals surface area contributed by atoms with Crippen molar-refractivity contribution in [2.24, 2.45) is 5.73 Å². The summed E-state index contributed by atoms with van der Waals surface area (Å²) < 4.78 is 32.7. The highest BCUT2D eigenvalue weighted by Crippen LogP contribution is 2.43. The molecule has 11 nitrogen and oxygen atoms in total. The van der Waals surface area contributed by atoms with E-state index < -0.39 is 51.1 Å². The molecule has 0 saturated carbocycles. The number of carboxylic acids is 1. The Labute approximate surface area is 335 Å². The van der Waals surface area contributed by atoms with E-state index in [1.165, 1.54) is 116 Å². The molecule has 0 radical (unpaired) electrons. The van der Waals surface area contributed by atoms with Gasteiger partial charge in [0.15, 0.2) is 6.10 Å². The third-order valence-corrected chi connectivity index (χ3v) is 10.7. The van der Waals surface area contributed by atoms with Gasteiger partial charge in [0, 0.05) is 12.8 Å². The summed E-state index contributed by atoms with van der Waals surface area (Å²) in [5.41, 5.74) is 5.33. The first-order chi connectivity index (χ1) is 26.6. The molecule has 0 aromatic carbocycles. The zero-order chi connectivity index (χ0) is 40.7. The van der Waals surface area contributed by atoms with Gasteiger partial charge in [-0.15, -0.1) is 0 Å². The number of phosphoric ester groups is 1. The van der Waals surface area contributed by atoms with Crippen LogP contribution in [0.5, 0.6) is 0 Å². The molecule has 0 saturated heterocycles. The van der Waals surface area contributed by atoms with Crippen LogP contribution in [0.15, 0.2) is 12.2 Å². The van der Waals surface area contributed by atoms with Gasteiger partial charge in [0.1, 0.15) is 12.6 Å². The number of aliphatic carboxylic acids is 1. The zero-order valence-electron chi connectivity index (χ0n) is 35.0. The standard InChI is InChI=1S/C43H82NO10P/c1-3-5-7-9-11-13-15-17-19-20-21-23-24-26-28-30-32-34-41(45)51-36-39(37-52-55(49,50)53-38-40(44)43(47)48)54-42(46)35-33-31-29-27-25-22-18-16-14-12-10-8-6-4-2/h16,18,39-40H,3-15,17,19-38,44H2,1-2H3,(H,47,48)(H,49,50)/b18-16-/t39-,40+/m1/s1. The molecule has 4 N–H and O–H groups in total. The molecule has 0 heterocycles. The number of carbonyl (C=O) groups is 3. The van der Waals surface area contributed by atoms with E-state index in [-0.39, 0.29) is 19.4 Å². The number of ether oxygens (including phenoxy) is 2. The highest BCUT2D eigenvalue weighted by atomic mass is 31.2. The topological polar surface area (TPSA) is 172 Å². The monoisotopic (exact) mass is 804 g/mol. The summed E-state index contributed by atoms with van der Waals surface area (Å²) in [4.78, 5) is 45.9. The average molecular weight is 804 g/mol. The van der Waals surface area contributed by atoms with E-state index in [0.717, 1.165) is 57.8 Å². The average Bonchev–Trinajstić information content (AvgIpc) is 3.16. The van der Waals surface area contributed by atoms with Crippen molar-refractivity contribution in [2.45, 2.75) is 225 Å². The molecule has 1 unspecified atom stereocenters. The van der Waals surface area contributed by atoms with E-state index in [0.29, 0.717) is 12.8 Å². The molecule has 12 heteroatoms. The minimum atomic E-state index is -4.71. The lowest BCUT2D eigenvalue weighted by atomic mass is 10.0. The van der Waals surface area contributed by atoms with Crippen LogP contribution in [-0.2, 0) is 37.5 Å². The molecular weight excluding hydrogens is 721 g/mol. The van der Waals surface area contributed by atoms with Crippen LogP contribution in [0.3, 0.4) is 0 Å². The number of esters is 2. The molecule has 0 spiro atoms. The fraction of sp³-hybridized carbons (Fsp3) is 0.884. The lowest BCUT2D eigenvalue weighted by molar-refractivity contribution is -0.161. The predicted molar refractivity (Wildman–Crippen MR) is 222 cm³/mol. The summed E-state index contributed by atoms with van der Waals surface area (Å²) >= 11 is 0. The lowest BCUT2D eigenvalue weighted by Crippen LogP contribution is -2.34. The molecule has 0 rings (SSSR count). The van der Waals surface area contributed by atoms with E-state index >= 15 is 0 Å². The van der Waals surface area contributed by atoms with Gasteiger partial charge in [-0.3, -0.25) is 23.4 Å². The quantitative estimate of drug-likeness (QED) is 0.0232. The lowest BCUT2D eigenvalue weighted by Gasteiger charge is -2.20. The van der Waals surface area contributed by atoms with Crippen molar-refractivity contribution >= 4 is 25.7 Å². The second kappa shape index (κ2) is 39.1.